The van der Waals surface area contributed by atoms with Gasteiger partial charge >= 0.3 is 0 Å². The minimum Gasteiger partial charge on any atom is -0.302 e. The summed E-state index contributed by atoms with van der Waals surface area (Å²) in [6.07, 6.45) is 2.61. The van der Waals surface area contributed by atoms with Crippen LogP contribution in [-0.4, -0.2) is 20.5 Å². The van der Waals surface area contributed by atoms with E-state index in [1.54, 1.807) is 11.8 Å². The maximum atomic E-state index is 8.58. The Morgan fingerprint density at radius 1 is 1.12 bits per heavy atom. The second-order valence-electron chi connectivity index (χ2n) is 6.84. The first kappa shape index (κ1) is 18.5. The number of hydrogen-bond acceptors (Lipinski definition) is 4. The third-order valence-electron chi connectivity index (χ3n) is 3.96. The fourth-order valence-electron chi connectivity index (χ4n) is 2.48. The van der Waals surface area contributed by atoms with E-state index in [2.05, 4.69) is 72.8 Å². The molecule has 2 rings (SSSR count). The van der Waals surface area contributed by atoms with E-state index in [4.69, 9.17) is 5.26 Å². The zero-order chi connectivity index (χ0) is 17.6. The molecular formula is C19H26N4S. The van der Waals surface area contributed by atoms with Gasteiger partial charge in [0.2, 0.25) is 0 Å². The molecule has 4 nitrogen and oxygen atoms in total. The Hall–Kier alpha value is -1.80. The molecule has 0 atom stereocenters. The highest BCUT2D eigenvalue weighted by molar-refractivity contribution is 7.99. The maximum absolute atomic E-state index is 8.58. The van der Waals surface area contributed by atoms with Crippen LogP contribution in [0.2, 0.25) is 0 Å². The van der Waals surface area contributed by atoms with Crippen LogP contribution in [0.4, 0.5) is 0 Å². The van der Waals surface area contributed by atoms with Crippen molar-refractivity contribution < 1.29 is 0 Å². The molecule has 128 valence electrons. The van der Waals surface area contributed by atoms with E-state index in [-0.39, 0.29) is 5.41 Å². The van der Waals surface area contributed by atoms with Crippen molar-refractivity contribution in [1.82, 2.24) is 14.8 Å². The summed E-state index contributed by atoms with van der Waals surface area (Å²) in [4.78, 5) is 0. The van der Waals surface area contributed by atoms with Crippen LogP contribution in [0.3, 0.4) is 0 Å². The van der Waals surface area contributed by atoms with Gasteiger partial charge in [0.05, 0.1) is 6.07 Å². The molecule has 0 aliphatic heterocycles. The average Bonchev–Trinajstić information content (AvgIpc) is 2.97. The van der Waals surface area contributed by atoms with Crippen LogP contribution in [-0.2, 0) is 12.0 Å². The first-order valence-corrected chi connectivity index (χ1v) is 9.49. The number of nitriles is 1. The van der Waals surface area contributed by atoms with Crippen molar-refractivity contribution >= 4 is 11.8 Å². The van der Waals surface area contributed by atoms with Crippen LogP contribution in [0, 0.1) is 11.3 Å². The van der Waals surface area contributed by atoms with Gasteiger partial charge in [0.15, 0.2) is 11.0 Å². The highest BCUT2D eigenvalue weighted by Crippen LogP contribution is 2.28. The van der Waals surface area contributed by atoms with Gasteiger partial charge in [-0.25, -0.2) is 0 Å². The normalized spacial score (nSPS) is 11.5. The van der Waals surface area contributed by atoms with E-state index >= 15 is 0 Å². The molecule has 2 aromatic rings. The van der Waals surface area contributed by atoms with E-state index in [1.807, 2.05) is 0 Å². The Balaban J connectivity index is 2.12. The summed E-state index contributed by atoms with van der Waals surface area (Å²) in [7, 11) is 0. The summed E-state index contributed by atoms with van der Waals surface area (Å²) in [6, 6.07) is 10.8. The first-order valence-electron chi connectivity index (χ1n) is 8.51. The van der Waals surface area contributed by atoms with Crippen molar-refractivity contribution in [1.29, 1.82) is 5.26 Å². The molecular weight excluding hydrogens is 316 g/mol. The Morgan fingerprint density at radius 2 is 1.83 bits per heavy atom. The zero-order valence-electron chi connectivity index (χ0n) is 15.0. The van der Waals surface area contributed by atoms with Crippen molar-refractivity contribution in [2.75, 3.05) is 5.75 Å². The quantitative estimate of drug-likeness (QED) is 0.522. The van der Waals surface area contributed by atoms with Crippen molar-refractivity contribution in [3.63, 3.8) is 0 Å². The second kappa shape index (κ2) is 8.34. The van der Waals surface area contributed by atoms with Gasteiger partial charge in [0, 0.05) is 24.3 Å². The lowest BCUT2D eigenvalue weighted by Crippen LogP contribution is -2.10. The minimum atomic E-state index is 0.154. The number of rotatable bonds is 7. The summed E-state index contributed by atoms with van der Waals surface area (Å²) in [6.45, 7) is 9.63. The molecule has 0 amide bonds. The number of hydrogen-bond donors (Lipinski definition) is 0. The topological polar surface area (TPSA) is 54.5 Å². The maximum Gasteiger partial charge on any atom is 0.191 e. The van der Waals surface area contributed by atoms with Gasteiger partial charge in [-0.05, 0) is 30.7 Å². The van der Waals surface area contributed by atoms with Crippen molar-refractivity contribution in [2.24, 2.45) is 0 Å². The molecule has 0 radical (unpaired) electrons. The van der Waals surface area contributed by atoms with Crippen LogP contribution in [0.15, 0.2) is 29.4 Å². The van der Waals surface area contributed by atoms with Crippen LogP contribution < -0.4 is 0 Å². The lowest BCUT2D eigenvalue weighted by molar-refractivity contribution is 0.590. The number of thioether (sulfide) groups is 1. The largest absolute Gasteiger partial charge is 0.302 e. The molecule has 0 fully saturated rings. The monoisotopic (exact) mass is 342 g/mol. The van der Waals surface area contributed by atoms with Gasteiger partial charge in [0.25, 0.3) is 0 Å². The highest BCUT2D eigenvalue weighted by Gasteiger charge is 2.16. The summed E-state index contributed by atoms with van der Waals surface area (Å²) in [5.41, 5.74) is 2.58. The summed E-state index contributed by atoms with van der Waals surface area (Å²) in [5.74, 6) is 1.90. The van der Waals surface area contributed by atoms with E-state index in [1.165, 1.54) is 5.56 Å². The zero-order valence-corrected chi connectivity index (χ0v) is 15.9. The fourth-order valence-corrected chi connectivity index (χ4v) is 3.48. The lowest BCUT2D eigenvalue weighted by Gasteiger charge is -2.19. The molecule has 0 saturated heterocycles. The Bertz CT molecular complexity index is 690. The molecule has 0 saturated carbocycles. The van der Waals surface area contributed by atoms with Crippen molar-refractivity contribution in [2.45, 2.75) is 64.1 Å². The summed E-state index contributed by atoms with van der Waals surface area (Å²) in [5, 5.41) is 18.3. The molecule has 0 unspecified atom stereocenters. The van der Waals surface area contributed by atoms with Gasteiger partial charge in [-0.15, -0.1) is 10.2 Å². The number of unbranched alkanes of at least 4 members (excludes halogenated alkanes) is 2. The fraction of sp³-hybridized carbons (Fsp3) is 0.526. The van der Waals surface area contributed by atoms with Crippen LogP contribution in [0.25, 0.3) is 11.4 Å². The molecule has 1 aromatic heterocycles. The lowest BCUT2D eigenvalue weighted by atomic mass is 9.87. The molecule has 0 N–H and O–H groups in total. The molecule has 5 heteroatoms. The Morgan fingerprint density at radius 3 is 2.42 bits per heavy atom. The van der Waals surface area contributed by atoms with Gasteiger partial charge in [-0.1, -0.05) is 56.8 Å². The molecule has 1 heterocycles. The summed E-state index contributed by atoms with van der Waals surface area (Å²) >= 11 is 1.72. The standard InChI is InChI=1S/C19H26N4S/c1-5-23-17(15-9-11-16(12-10-15)19(2,3)4)21-22-18(23)24-14-8-6-7-13-20/h9-12H,5-8,14H2,1-4H3. The highest BCUT2D eigenvalue weighted by atomic mass is 32.2. The molecule has 0 spiro atoms. The van der Waals surface area contributed by atoms with Gasteiger partial charge in [0.1, 0.15) is 0 Å². The minimum absolute atomic E-state index is 0.154. The molecule has 1 aromatic carbocycles. The molecule has 0 aliphatic rings. The molecule has 0 aliphatic carbocycles. The van der Waals surface area contributed by atoms with Gasteiger partial charge in [-0.2, -0.15) is 5.26 Å². The second-order valence-corrected chi connectivity index (χ2v) is 7.90. The van der Waals surface area contributed by atoms with Crippen LogP contribution in [0.1, 0.15) is 52.5 Å². The van der Waals surface area contributed by atoms with E-state index in [0.717, 1.165) is 41.7 Å². The van der Waals surface area contributed by atoms with Gasteiger partial charge < -0.3 is 4.57 Å². The number of aromatic nitrogens is 3. The predicted octanol–water partition coefficient (Wildman–Crippen LogP) is 5.05. The smallest absolute Gasteiger partial charge is 0.191 e. The van der Waals surface area contributed by atoms with E-state index < -0.39 is 0 Å². The van der Waals surface area contributed by atoms with Crippen LogP contribution >= 0.6 is 11.8 Å². The Labute approximate surface area is 149 Å². The first-order chi connectivity index (χ1) is 11.5. The Kier molecular flexibility index (Phi) is 6.44. The average molecular weight is 343 g/mol. The van der Waals surface area contributed by atoms with E-state index in [9.17, 15) is 0 Å². The molecule has 0 bridgehead atoms. The molecule has 24 heavy (non-hydrogen) atoms. The van der Waals surface area contributed by atoms with Crippen molar-refractivity contribution in [3.8, 4) is 17.5 Å². The van der Waals surface area contributed by atoms with Crippen molar-refractivity contribution in [3.05, 3.63) is 29.8 Å². The number of benzene rings is 1. The SMILES string of the molecule is CCn1c(SCCCCC#N)nnc1-c1ccc(C(C)(C)C)cc1. The summed E-state index contributed by atoms with van der Waals surface area (Å²) < 4.78 is 2.17. The number of nitrogens with zero attached hydrogens (tertiary/aromatic N) is 4. The third kappa shape index (κ3) is 4.61. The van der Waals surface area contributed by atoms with E-state index in [0.29, 0.717) is 6.42 Å². The third-order valence-corrected chi connectivity index (χ3v) is 5.01. The predicted molar refractivity (Wildman–Crippen MR) is 100 cm³/mol. The van der Waals surface area contributed by atoms with Gasteiger partial charge in [-0.3, -0.25) is 0 Å². The van der Waals surface area contributed by atoms with Crippen LogP contribution in [0.5, 0.6) is 0 Å².